The maximum atomic E-state index is 13.5. The van der Waals surface area contributed by atoms with Crippen molar-refractivity contribution in [3.05, 3.63) is 102 Å². The van der Waals surface area contributed by atoms with E-state index in [4.69, 9.17) is 5.10 Å². The Morgan fingerprint density at radius 1 is 1.00 bits per heavy atom. The third-order valence-corrected chi connectivity index (χ3v) is 6.21. The van der Waals surface area contributed by atoms with E-state index in [0.717, 1.165) is 46.9 Å². The number of aromatic nitrogens is 3. The maximum Gasteiger partial charge on any atom is 0.318 e. The fraction of sp³-hybridized carbons (Fsp3) is 0.259. The molecule has 6 heteroatoms. The topological polar surface area (TPSA) is 55.1 Å². The highest BCUT2D eigenvalue weighted by molar-refractivity contribution is 5.76. The number of amides is 2. The van der Waals surface area contributed by atoms with Crippen molar-refractivity contribution in [2.75, 3.05) is 6.54 Å². The summed E-state index contributed by atoms with van der Waals surface area (Å²) in [5.41, 5.74) is 5.24. The lowest BCUT2D eigenvalue weighted by atomic mass is 10.0. The molecule has 0 unspecified atom stereocenters. The van der Waals surface area contributed by atoms with Gasteiger partial charge in [-0.05, 0) is 42.7 Å². The number of nitrogens with zero attached hydrogens (tertiary/aromatic N) is 4. The van der Waals surface area contributed by atoms with Gasteiger partial charge in [-0.15, -0.1) is 0 Å². The molecule has 6 nitrogen and oxygen atoms in total. The summed E-state index contributed by atoms with van der Waals surface area (Å²) in [4.78, 5) is 15.4. The van der Waals surface area contributed by atoms with Crippen LogP contribution in [0.5, 0.6) is 0 Å². The van der Waals surface area contributed by atoms with E-state index >= 15 is 0 Å². The van der Waals surface area contributed by atoms with Crippen molar-refractivity contribution in [1.29, 1.82) is 0 Å². The Labute approximate surface area is 194 Å². The minimum Gasteiger partial charge on any atom is -0.338 e. The van der Waals surface area contributed by atoms with Crippen molar-refractivity contribution >= 4 is 6.03 Å². The molecule has 2 amide bonds. The maximum absolute atomic E-state index is 13.5. The smallest absolute Gasteiger partial charge is 0.318 e. The Balaban J connectivity index is 1.75. The number of hydrogen-bond acceptors (Lipinski definition) is 2. The summed E-state index contributed by atoms with van der Waals surface area (Å²) in [6, 6.07) is 24.4. The molecule has 5 rings (SSSR count). The first-order valence-corrected chi connectivity index (χ1v) is 11.7. The van der Waals surface area contributed by atoms with Gasteiger partial charge in [0.2, 0.25) is 0 Å². The van der Waals surface area contributed by atoms with Gasteiger partial charge in [0.25, 0.3) is 0 Å². The van der Waals surface area contributed by atoms with Gasteiger partial charge in [0, 0.05) is 18.3 Å². The van der Waals surface area contributed by atoms with E-state index < -0.39 is 0 Å². The summed E-state index contributed by atoms with van der Waals surface area (Å²) in [6.07, 6.45) is 3.76. The number of carbonyl (C=O) groups is 1. The van der Waals surface area contributed by atoms with Gasteiger partial charge in [0.15, 0.2) is 0 Å². The molecule has 2 aromatic heterocycles. The Hall–Kier alpha value is -3.80. The van der Waals surface area contributed by atoms with Crippen LogP contribution in [0.2, 0.25) is 0 Å². The van der Waals surface area contributed by atoms with Gasteiger partial charge in [0.05, 0.1) is 29.7 Å². The summed E-state index contributed by atoms with van der Waals surface area (Å²) >= 11 is 0. The summed E-state index contributed by atoms with van der Waals surface area (Å²) in [7, 11) is 0. The van der Waals surface area contributed by atoms with Crippen molar-refractivity contribution < 1.29 is 4.79 Å². The van der Waals surface area contributed by atoms with Crippen molar-refractivity contribution in [3.8, 4) is 11.5 Å². The number of benzene rings is 2. The van der Waals surface area contributed by atoms with Gasteiger partial charge in [-0.2, -0.15) is 5.10 Å². The van der Waals surface area contributed by atoms with E-state index in [0.29, 0.717) is 13.1 Å². The second-order valence-electron chi connectivity index (χ2n) is 8.33. The first kappa shape index (κ1) is 21.1. The Kier molecular flexibility index (Phi) is 5.73. The second kappa shape index (κ2) is 8.98. The van der Waals surface area contributed by atoms with Crippen molar-refractivity contribution in [2.45, 2.75) is 39.3 Å². The summed E-state index contributed by atoms with van der Waals surface area (Å²) in [6.45, 7) is 5.33. The normalized spacial score (nSPS) is 15.0. The molecule has 3 heterocycles. The Morgan fingerprint density at radius 3 is 2.42 bits per heavy atom. The van der Waals surface area contributed by atoms with Crippen LogP contribution in [0.25, 0.3) is 11.5 Å². The zero-order valence-electron chi connectivity index (χ0n) is 19.1. The Bertz CT molecular complexity index is 1240. The molecule has 33 heavy (non-hydrogen) atoms. The quantitative estimate of drug-likeness (QED) is 0.462. The third kappa shape index (κ3) is 3.71. The molecule has 0 spiro atoms. The lowest BCUT2D eigenvalue weighted by Crippen LogP contribution is -2.42. The van der Waals surface area contributed by atoms with E-state index in [1.165, 1.54) is 0 Å². The average molecular weight is 440 g/mol. The minimum absolute atomic E-state index is 0.0548. The van der Waals surface area contributed by atoms with E-state index in [1.807, 2.05) is 46.0 Å². The lowest BCUT2D eigenvalue weighted by Gasteiger charge is -2.31. The van der Waals surface area contributed by atoms with Crippen LogP contribution in [0.3, 0.4) is 0 Å². The molecule has 0 aliphatic carbocycles. The van der Waals surface area contributed by atoms with Gasteiger partial charge in [-0.3, -0.25) is 0 Å². The molecule has 1 aliphatic rings. The molecule has 2 aromatic carbocycles. The van der Waals surface area contributed by atoms with Crippen molar-refractivity contribution in [1.82, 2.24) is 24.6 Å². The number of aryl methyl sites for hydroxylation is 1. The van der Waals surface area contributed by atoms with Crippen LogP contribution in [-0.2, 0) is 13.0 Å². The number of rotatable bonds is 5. The lowest BCUT2D eigenvalue weighted by molar-refractivity contribution is 0.180. The summed E-state index contributed by atoms with van der Waals surface area (Å²) in [5, 5.41) is 8.10. The van der Waals surface area contributed by atoms with Crippen molar-refractivity contribution in [3.63, 3.8) is 0 Å². The number of nitrogens with one attached hydrogen (secondary N) is 1. The van der Waals surface area contributed by atoms with Gasteiger partial charge >= 0.3 is 6.03 Å². The van der Waals surface area contributed by atoms with E-state index in [1.54, 1.807) is 0 Å². The molecule has 0 radical (unpaired) electrons. The standard InChI is InChI=1S/C27H29N5O/c1-3-17-28-27(33)31-19-22-23(4-2)29-32(21-14-9-6-10-15-21)26(22)30-18-11-16-24(30)25(31)20-12-7-5-8-13-20/h5-16,18,25H,3-4,17,19H2,1-2H3,(H,28,33)/t25-/m1/s1. The number of urea groups is 1. The van der Waals surface area contributed by atoms with Crippen LogP contribution >= 0.6 is 0 Å². The number of hydrogen-bond donors (Lipinski definition) is 1. The van der Waals surface area contributed by atoms with Crippen LogP contribution in [0.15, 0.2) is 79.0 Å². The number of carbonyl (C=O) groups excluding carboxylic acids is 1. The number of para-hydroxylation sites is 1. The molecule has 1 atom stereocenters. The summed E-state index contributed by atoms with van der Waals surface area (Å²) in [5.74, 6) is 1.00. The van der Waals surface area contributed by atoms with Crippen LogP contribution in [-0.4, -0.2) is 31.8 Å². The van der Waals surface area contributed by atoms with Gasteiger partial charge < -0.3 is 14.8 Å². The molecular formula is C27H29N5O. The SMILES string of the molecule is CCCNC(=O)N1Cc2c(CC)nn(-c3ccccc3)c2-n2cccc2[C@H]1c1ccccc1. The first-order valence-electron chi connectivity index (χ1n) is 11.7. The predicted molar refractivity (Wildman–Crippen MR) is 130 cm³/mol. The molecule has 4 aromatic rings. The average Bonchev–Trinajstić information content (AvgIpc) is 3.44. The monoisotopic (exact) mass is 439 g/mol. The minimum atomic E-state index is -0.209. The fourth-order valence-electron chi connectivity index (χ4n) is 4.67. The van der Waals surface area contributed by atoms with E-state index in [9.17, 15) is 4.79 Å². The highest BCUT2D eigenvalue weighted by Crippen LogP contribution is 2.38. The number of fused-ring (bicyclic) bond motifs is 3. The van der Waals surface area contributed by atoms with Crippen LogP contribution in [0.1, 0.15) is 48.8 Å². The largest absolute Gasteiger partial charge is 0.338 e. The Morgan fingerprint density at radius 2 is 1.73 bits per heavy atom. The molecule has 1 aliphatic heterocycles. The fourth-order valence-corrected chi connectivity index (χ4v) is 4.67. The third-order valence-electron chi connectivity index (χ3n) is 6.21. The van der Waals surface area contributed by atoms with Crippen molar-refractivity contribution in [2.24, 2.45) is 0 Å². The molecule has 168 valence electrons. The molecular weight excluding hydrogens is 410 g/mol. The highest BCUT2D eigenvalue weighted by atomic mass is 16.2. The summed E-state index contributed by atoms with van der Waals surface area (Å²) < 4.78 is 4.23. The van der Waals surface area contributed by atoms with E-state index in [-0.39, 0.29) is 12.1 Å². The molecule has 0 bridgehead atoms. The molecule has 0 fully saturated rings. The van der Waals surface area contributed by atoms with Gasteiger partial charge in [-0.25, -0.2) is 9.48 Å². The van der Waals surface area contributed by atoms with Crippen LogP contribution < -0.4 is 5.32 Å². The zero-order chi connectivity index (χ0) is 22.8. The van der Waals surface area contributed by atoms with Gasteiger partial charge in [-0.1, -0.05) is 62.4 Å². The highest BCUT2D eigenvalue weighted by Gasteiger charge is 2.36. The second-order valence-corrected chi connectivity index (χ2v) is 8.33. The van der Waals surface area contributed by atoms with Crippen LogP contribution in [0, 0.1) is 0 Å². The zero-order valence-corrected chi connectivity index (χ0v) is 19.1. The van der Waals surface area contributed by atoms with Gasteiger partial charge in [0.1, 0.15) is 5.82 Å². The first-order chi connectivity index (χ1) is 16.2. The van der Waals surface area contributed by atoms with E-state index in [2.05, 4.69) is 66.3 Å². The molecule has 0 saturated carbocycles. The molecule has 0 saturated heterocycles. The predicted octanol–water partition coefficient (Wildman–Crippen LogP) is 5.25. The van der Waals surface area contributed by atoms with Crippen LogP contribution in [0.4, 0.5) is 4.79 Å². The molecule has 1 N–H and O–H groups in total.